The topological polar surface area (TPSA) is 89.0 Å². The molecule has 82 valence electrons. The Kier molecular flexibility index (Phi) is 3.53. The molecule has 15 heavy (non-hydrogen) atoms. The number of hydrogen-bond donors (Lipinski definition) is 1. The standard InChI is InChI=1S/C7H9N3O3S2/c1-3-4-8-5(11)6-9-10-7(14-6)15(2,12)13/h3H,1,4H2,2H3,(H,8,11). The number of hydrogen-bond acceptors (Lipinski definition) is 6. The zero-order chi connectivity index (χ0) is 11.5. The van der Waals surface area contributed by atoms with Gasteiger partial charge in [0.05, 0.1) is 0 Å². The zero-order valence-corrected chi connectivity index (χ0v) is 9.56. The van der Waals surface area contributed by atoms with E-state index in [4.69, 9.17) is 0 Å². The molecule has 0 aliphatic heterocycles. The number of amides is 1. The molecule has 1 heterocycles. The molecule has 0 aliphatic carbocycles. The first-order valence-electron chi connectivity index (χ1n) is 3.88. The minimum Gasteiger partial charge on any atom is -0.346 e. The van der Waals surface area contributed by atoms with E-state index in [1.807, 2.05) is 0 Å². The van der Waals surface area contributed by atoms with Gasteiger partial charge >= 0.3 is 0 Å². The summed E-state index contributed by atoms with van der Waals surface area (Å²) in [5, 5.41) is 9.38. The lowest BCUT2D eigenvalue weighted by Crippen LogP contribution is -2.22. The number of nitrogens with zero attached hydrogens (tertiary/aromatic N) is 2. The van der Waals surface area contributed by atoms with Crippen LogP contribution < -0.4 is 5.32 Å². The van der Waals surface area contributed by atoms with E-state index in [1.54, 1.807) is 0 Å². The molecule has 1 amide bonds. The summed E-state index contributed by atoms with van der Waals surface area (Å²) in [7, 11) is -3.39. The summed E-state index contributed by atoms with van der Waals surface area (Å²) in [6, 6.07) is 0. The minimum absolute atomic E-state index is 0.0253. The molecule has 0 radical (unpaired) electrons. The fraction of sp³-hybridized carbons (Fsp3) is 0.286. The molecule has 1 rings (SSSR count). The Morgan fingerprint density at radius 3 is 2.73 bits per heavy atom. The van der Waals surface area contributed by atoms with E-state index in [0.29, 0.717) is 6.54 Å². The molecule has 0 aromatic carbocycles. The Balaban J connectivity index is 2.85. The highest BCUT2D eigenvalue weighted by Gasteiger charge is 2.17. The minimum atomic E-state index is -3.39. The van der Waals surface area contributed by atoms with Crippen LogP contribution in [0.25, 0.3) is 0 Å². The molecule has 0 saturated carbocycles. The number of nitrogens with one attached hydrogen (secondary N) is 1. The fourth-order valence-electron chi connectivity index (χ4n) is 0.692. The molecule has 0 fully saturated rings. The lowest BCUT2D eigenvalue weighted by molar-refractivity contribution is 0.0957. The van der Waals surface area contributed by atoms with Crippen molar-refractivity contribution in [3.05, 3.63) is 17.7 Å². The van der Waals surface area contributed by atoms with Crippen molar-refractivity contribution in [3.8, 4) is 0 Å². The van der Waals surface area contributed by atoms with E-state index < -0.39 is 15.7 Å². The Bertz CT molecular complexity index is 477. The highest BCUT2D eigenvalue weighted by molar-refractivity contribution is 7.92. The normalized spacial score (nSPS) is 11.0. The van der Waals surface area contributed by atoms with Crippen molar-refractivity contribution in [2.75, 3.05) is 12.8 Å². The molecule has 0 spiro atoms. The van der Waals surface area contributed by atoms with E-state index >= 15 is 0 Å². The van der Waals surface area contributed by atoms with Crippen LogP contribution in [0.2, 0.25) is 0 Å². The van der Waals surface area contributed by atoms with Gasteiger partial charge in [-0.2, -0.15) is 0 Å². The first-order chi connectivity index (χ1) is 6.95. The lowest BCUT2D eigenvalue weighted by atomic mass is 10.5. The van der Waals surface area contributed by atoms with Gasteiger partial charge in [-0.1, -0.05) is 17.4 Å². The Labute approximate surface area is 91.0 Å². The van der Waals surface area contributed by atoms with Gasteiger partial charge in [0.1, 0.15) is 0 Å². The molecule has 0 unspecified atom stereocenters. The van der Waals surface area contributed by atoms with E-state index in [-0.39, 0.29) is 9.35 Å². The third kappa shape index (κ3) is 3.10. The summed E-state index contributed by atoms with van der Waals surface area (Å²) in [6.07, 6.45) is 2.52. The van der Waals surface area contributed by atoms with Gasteiger partial charge in [-0.05, 0) is 0 Å². The van der Waals surface area contributed by atoms with Crippen LogP contribution in [0.4, 0.5) is 0 Å². The summed E-state index contributed by atoms with van der Waals surface area (Å²) in [5.74, 6) is -0.456. The second kappa shape index (κ2) is 4.49. The van der Waals surface area contributed by atoms with Crippen LogP contribution in [-0.2, 0) is 9.84 Å². The summed E-state index contributed by atoms with van der Waals surface area (Å²) in [4.78, 5) is 11.3. The van der Waals surface area contributed by atoms with Crippen molar-refractivity contribution in [3.63, 3.8) is 0 Å². The maximum Gasteiger partial charge on any atom is 0.282 e. The van der Waals surface area contributed by atoms with Gasteiger partial charge in [0.15, 0.2) is 0 Å². The smallest absolute Gasteiger partial charge is 0.282 e. The molecule has 6 nitrogen and oxygen atoms in total. The molecule has 0 saturated heterocycles. The lowest BCUT2D eigenvalue weighted by Gasteiger charge is -1.95. The second-order valence-corrected chi connectivity index (χ2v) is 5.81. The van der Waals surface area contributed by atoms with Crippen molar-refractivity contribution in [2.45, 2.75) is 4.34 Å². The second-order valence-electron chi connectivity index (χ2n) is 2.64. The molecule has 1 aromatic heterocycles. The summed E-state index contributed by atoms with van der Waals surface area (Å²) in [5.41, 5.74) is 0. The number of aromatic nitrogens is 2. The van der Waals surface area contributed by atoms with Crippen LogP contribution in [0.3, 0.4) is 0 Å². The van der Waals surface area contributed by atoms with Crippen LogP contribution in [0.15, 0.2) is 17.0 Å². The molecule has 1 N–H and O–H groups in total. The van der Waals surface area contributed by atoms with Gasteiger partial charge in [-0.15, -0.1) is 16.8 Å². The first kappa shape index (κ1) is 11.8. The summed E-state index contributed by atoms with van der Waals surface area (Å²) in [6.45, 7) is 3.73. The van der Waals surface area contributed by atoms with Crippen LogP contribution in [0, 0.1) is 0 Å². The van der Waals surface area contributed by atoms with E-state index in [1.165, 1.54) is 6.08 Å². The monoisotopic (exact) mass is 247 g/mol. The molecular formula is C7H9N3O3S2. The zero-order valence-electron chi connectivity index (χ0n) is 7.93. The number of rotatable bonds is 4. The van der Waals surface area contributed by atoms with Gasteiger partial charge in [0, 0.05) is 12.8 Å². The average Bonchev–Trinajstić information content (AvgIpc) is 2.62. The van der Waals surface area contributed by atoms with E-state index in [9.17, 15) is 13.2 Å². The Morgan fingerprint density at radius 2 is 2.27 bits per heavy atom. The van der Waals surface area contributed by atoms with E-state index in [0.717, 1.165) is 17.6 Å². The first-order valence-corrected chi connectivity index (χ1v) is 6.58. The van der Waals surface area contributed by atoms with Gasteiger partial charge in [0.25, 0.3) is 5.91 Å². The van der Waals surface area contributed by atoms with Crippen LogP contribution >= 0.6 is 11.3 Å². The maximum atomic E-state index is 11.3. The number of carbonyl (C=O) groups excluding carboxylic acids is 1. The summed E-state index contributed by atoms with van der Waals surface area (Å²) >= 11 is 0.742. The molecule has 0 bridgehead atoms. The van der Waals surface area contributed by atoms with Gasteiger partial charge < -0.3 is 5.32 Å². The van der Waals surface area contributed by atoms with Crippen LogP contribution in [-0.4, -0.2) is 37.3 Å². The molecule has 0 aliphatic rings. The molecule has 0 atom stereocenters. The van der Waals surface area contributed by atoms with E-state index in [2.05, 4.69) is 22.1 Å². The van der Waals surface area contributed by atoms with Crippen LogP contribution in [0.5, 0.6) is 0 Å². The number of carbonyl (C=O) groups is 1. The predicted molar refractivity (Wildman–Crippen MR) is 55.5 cm³/mol. The van der Waals surface area contributed by atoms with Gasteiger partial charge in [-0.3, -0.25) is 4.79 Å². The molecule has 8 heteroatoms. The highest BCUT2D eigenvalue weighted by atomic mass is 32.2. The van der Waals surface area contributed by atoms with Crippen LogP contribution in [0.1, 0.15) is 9.80 Å². The predicted octanol–water partition coefficient (Wildman–Crippen LogP) is -0.143. The maximum absolute atomic E-state index is 11.3. The number of sulfone groups is 1. The quantitative estimate of drug-likeness (QED) is 0.748. The Hall–Kier alpha value is -1.28. The van der Waals surface area contributed by atoms with Crippen molar-refractivity contribution in [1.29, 1.82) is 0 Å². The van der Waals surface area contributed by atoms with Gasteiger partial charge in [-0.25, -0.2) is 8.42 Å². The fourth-order valence-corrected chi connectivity index (χ4v) is 2.22. The highest BCUT2D eigenvalue weighted by Crippen LogP contribution is 2.14. The molecular weight excluding hydrogens is 238 g/mol. The average molecular weight is 247 g/mol. The molecule has 1 aromatic rings. The van der Waals surface area contributed by atoms with Gasteiger partial charge in [0.2, 0.25) is 19.2 Å². The van der Waals surface area contributed by atoms with Crippen molar-refractivity contribution >= 4 is 27.1 Å². The third-order valence-electron chi connectivity index (χ3n) is 1.32. The Morgan fingerprint density at radius 1 is 1.60 bits per heavy atom. The summed E-state index contributed by atoms with van der Waals surface area (Å²) < 4.78 is 21.9. The largest absolute Gasteiger partial charge is 0.346 e. The van der Waals surface area contributed by atoms with Crippen molar-refractivity contribution in [1.82, 2.24) is 15.5 Å². The SMILES string of the molecule is C=CCNC(=O)c1nnc(S(C)(=O)=O)s1. The van der Waals surface area contributed by atoms with Crippen molar-refractivity contribution in [2.24, 2.45) is 0 Å². The van der Waals surface area contributed by atoms with Crippen molar-refractivity contribution < 1.29 is 13.2 Å². The third-order valence-corrected chi connectivity index (χ3v) is 3.92.